The first-order chi connectivity index (χ1) is 10.5. The molecule has 118 valence electrons. The third-order valence-corrected chi connectivity index (χ3v) is 4.79. The maximum absolute atomic E-state index is 11.9. The average Bonchev–Trinajstić information content (AvgIpc) is 2.70. The van der Waals surface area contributed by atoms with Gasteiger partial charge < -0.3 is 15.2 Å². The molecule has 0 unspecified atom stereocenters. The van der Waals surface area contributed by atoms with Gasteiger partial charge >= 0.3 is 6.03 Å². The number of aryl methyl sites for hydroxylation is 1. The summed E-state index contributed by atoms with van der Waals surface area (Å²) in [7, 11) is 0. The van der Waals surface area contributed by atoms with Crippen LogP contribution in [0.25, 0.3) is 10.9 Å². The number of benzene rings is 1. The molecule has 3 rings (SSSR count). The molecule has 0 spiro atoms. The predicted octanol–water partition coefficient (Wildman–Crippen LogP) is 4.17. The van der Waals surface area contributed by atoms with Gasteiger partial charge in [-0.3, -0.25) is 0 Å². The number of aromatic nitrogens is 1. The van der Waals surface area contributed by atoms with Crippen molar-refractivity contribution in [1.82, 2.24) is 15.2 Å². The van der Waals surface area contributed by atoms with Gasteiger partial charge in [0.1, 0.15) is 0 Å². The molecular formula is C17H22ClN3O. The van der Waals surface area contributed by atoms with E-state index in [1.165, 1.54) is 0 Å². The minimum Gasteiger partial charge on any atom is -0.357 e. The number of fused-ring (bicyclic) bond motifs is 1. The molecule has 22 heavy (non-hydrogen) atoms. The molecule has 2 heterocycles. The van der Waals surface area contributed by atoms with Crippen molar-refractivity contribution < 1.29 is 4.79 Å². The minimum absolute atomic E-state index is 0.0187. The molecular weight excluding hydrogens is 298 g/mol. The summed E-state index contributed by atoms with van der Waals surface area (Å²) in [6, 6.07) is 4.17. The van der Waals surface area contributed by atoms with Gasteiger partial charge in [0.25, 0.3) is 0 Å². The Morgan fingerprint density at radius 2 is 2.14 bits per heavy atom. The van der Waals surface area contributed by atoms with Crippen LogP contribution in [-0.2, 0) is 6.54 Å². The lowest BCUT2D eigenvalue weighted by atomic mass is 10.0. The maximum atomic E-state index is 11.9. The molecule has 2 amide bonds. The highest BCUT2D eigenvalue weighted by atomic mass is 35.5. The number of carbonyl (C=O) groups is 1. The lowest BCUT2D eigenvalue weighted by molar-refractivity contribution is 0.167. The number of urea groups is 1. The second-order valence-corrected chi connectivity index (χ2v) is 6.71. The van der Waals surface area contributed by atoms with Crippen molar-refractivity contribution in [2.24, 2.45) is 0 Å². The Bertz CT molecular complexity index is 716. The topological polar surface area (TPSA) is 48.1 Å². The number of halogens is 1. The highest BCUT2D eigenvalue weighted by Gasteiger charge is 2.20. The number of nitrogens with zero attached hydrogens (tertiary/aromatic N) is 1. The number of aromatic amines is 1. The van der Waals surface area contributed by atoms with Crippen LogP contribution < -0.4 is 5.32 Å². The molecule has 1 aliphatic rings. The number of carbonyl (C=O) groups excluding carboxylic acids is 1. The number of H-pyrrole nitrogens is 1. The highest BCUT2D eigenvalue weighted by molar-refractivity contribution is 6.32. The molecule has 1 aromatic heterocycles. The van der Waals surface area contributed by atoms with Crippen LogP contribution in [0.3, 0.4) is 0 Å². The van der Waals surface area contributed by atoms with Crippen LogP contribution in [0, 0.1) is 6.92 Å². The van der Waals surface area contributed by atoms with Crippen LogP contribution in [0.5, 0.6) is 0 Å². The number of amides is 2. The first-order valence-corrected chi connectivity index (χ1v) is 8.18. The van der Waals surface area contributed by atoms with Gasteiger partial charge in [-0.1, -0.05) is 25.4 Å². The monoisotopic (exact) mass is 319 g/mol. The molecule has 1 aliphatic heterocycles. The summed E-state index contributed by atoms with van der Waals surface area (Å²) in [6.45, 7) is 8.59. The van der Waals surface area contributed by atoms with E-state index in [9.17, 15) is 4.79 Å². The van der Waals surface area contributed by atoms with E-state index in [0.717, 1.165) is 52.3 Å². The van der Waals surface area contributed by atoms with Gasteiger partial charge in [0.05, 0.1) is 6.54 Å². The van der Waals surface area contributed by atoms with E-state index in [1.807, 2.05) is 11.0 Å². The van der Waals surface area contributed by atoms with Gasteiger partial charge in [-0.25, -0.2) is 4.79 Å². The third kappa shape index (κ3) is 2.68. The zero-order chi connectivity index (χ0) is 15.9. The molecule has 4 nitrogen and oxygen atoms in total. The van der Waals surface area contributed by atoms with Gasteiger partial charge in [-0.15, -0.1) is 0 Å². The fourth-order valence-electron chi connectivity index (χ4n) is 2.84. The lowest BCUT2D eigenvalue weighted by Crippen LogP contribution is -2.47. The van der Waals surface area contributed by atoms with E-state index in [1.54, 1.807) is 0 Å². The molecule has 0 radical (unpaired) electrons. The fraction of sp³-hybridized carbons (Fsp3) is 0.471. The number of nitrogens with one attached hydrogen (secondary N) is 2. The van der Waals surface area contributed by atoms with Gasteiger partial charge in [-0.05, 0) is 42.5 Å². The summed E-state index contributed by atoms with van der Waals surface area (Å²) in [5, 5.41) is 4.91. The zero-order valence-corrected chi connectivity index (χ0v) is 14.0. The largest absolute Gasteiger partial charge is 0.357 e. The molecule has 5 heteroatoms. The minimum atomic E-state index is 0.0187. The van der Waals surface area contributed by atoms with E-state index in [0.29, 0.717) is 12.5 Å². The average molecular weight is 320 g/mol. The standard InChI is InChI=1S/C17H22ClN3O/c1-10(2)12-8-15-13(7-14(12)18)11(3)16(20-15)9-19-17(22)21-5-4-6-21/h7-8,10,20H,4-6,9H2,1-3H3,(H,19,22). The second-order valence-electron chi connectivity index (χ2n) is 6.30. The van der Waals surface area contributed by atoms with Gasteiger partial charge in [0, 0.05) is 34.7 Å². The zero-order valence-electron chi connectivity index (χ0n) is 13.3. The molecule has 2 N–H and O–H groups in total. The molecule has 1 fully saturated rings. The van der Waals surface area contributed by atoms with E-state index >= 15 is 0 Å². The van der Waals surface area contributed by atoms with Crippen molar-refractivity contribution in [3.05, 3.63) is 34.0 Å². The second kappa shape index (κ2) is 5.84. The first-order valence-electron chi connectivity index (χ1n) is 7.80. The van der Waals surface area contributed by atoms with Crippen molar-refractivity contribution in [3.8, 4) is 0 Å². The number of likely N-dealkylation sites (tertiary alicyclic amines) is 1. The fourth-order valence-corrected chi connectivity index (χ4v) is 3.22. The van der Waals surface area contributed by atoms with Crippen molar-refractivity contribution in [1.29, 1.82) is 0 Å². The maximum Gasteiger partial charge on any atom is 0.317 e. The summed E-state index contributed by atoms with van der Waals surface area (Å²) in [4.78, 5) is 17.2. The SMILES string of the molecule is Cc1c(CNC(=O)N2CCC2)[nH]c2cc(C(C)C)c(Cl)cc12. The van der Waals surface area contributed by atoms with Crippen molar-refractivity contribution in [2.45, 2.75) is 39.7 Å². The summed E-state index contributed by atoms with van der Waals surface area (Å²) >= 11 is 6.38. The lowest BCUT2D eigenvalue weighted by Gasteiger charge is -2.30. The molecule has 0 saturated carbocycles. The van der Waals surface area contributed by atoms with E-state index < -0.39 is 0 Å². The first kappa shape index (κ1) is 15.2. The summed E-state index contributed by atoms with van der Waals surface area (Å²) in [5.41, 5.74) is 4.42. The van der Waals surface area contributed by atoms with Crippen LogP contribution in [0.4, 0.5) is 4.79 Å². The van der Waals surface area contributed by atoms with Crippen molar-refractivity contribution in [3.63, 3.8) is 0 Å². The van der Waals surface area contributed by atoms with Crippen molar-refractivity contribution in [2.75, 3.05) is 13.1 Å². The Balaban J connectivity index is 1.84. The van der Waals surface area contributed by atoms with Gasteiger partial charge in [0.2, 0.25) is 0 Å². The Morgan fingerprint density at radius 3 is 2.73 bits per heavy atom. The van der Waals surface area contributed by atoms with E-state index in [2.05, 4.69) is 37.1 Å². The molecule has 0 atom stereocenters. The van der Waals surface area contributed by atoms with Gasteiger partial charge in [-0.2, -0.15) is 0 Å². The summed E-state index contributed by atoms with van der Waals surface area (Å²) < 4.78 is 0. The third-order valence-electron chi connectivity index (χ3n) is 4.46. The molecule has 0 aliphatic carbocycles. The number of hydrogen-bond acceptors (Lipinski definition) is 1. The van der Waals surface area contributed by atoms with E-state index in [4.69, 9.17) is 11.6 Å². The highest BCUT2D eigenvalue weighted by Crippen LogP contribution is 2.31. The Kier molecular flexibility index (Phi) is 4.04. The predicted molar refractivity (Wildman–Crippen MR) is 90.6 cm³/mol. The van der Waals surface area contributed by atoms with Crippen LogP contribution >= 0.6 is 11.6 Å². The Labute approximate surface area is 135 Å². The van der Waals surface area contributed by atoms with Crippen LogP contribution in [0.1, 0.15) is 43.0 Å². The Hall–Kier alpha value is -1.68. The van der Waals surface area contributed by atoms with Crippen molar-refractivity contribution >= 4 is 28.5 Å². The number of rotatable bonds is 3. The Morgan fingerprint density at radius 1 is 1.41 bits per heavy atom. The molecule has 0 bridgehead atoms. The van der Waals surface area contributed by atoms with Gasteiger partial charge in [0.15, 0.2) is 0 Å². The smallest absolute Gasteiger partial charge is 0.317 e. The van der Waals surface area contributed by atoms with Crippen LogP contribution in [-0.4, -0.2) is 29.0 Å². The van der Waals surface area contributed by atoms with E-state index in [-0.39, 0.29) is 6.03 Å². The van der Waals surface area contributed by atoms with Crippen LogP contribution in [0.2, 0.25) is 5.02 Å². The summed E-state index contributed by atoms with van der Waals surface area (Å²) in [6.07, 6.45) is 1.11. The molecule has 1 saturated heterocycles. The molecule has 1 aromatic carbocycles. The molecule has 2 aromatic rings. The quantitative estimate of drug-likeness (QED) is 0.876. The summed E-state index contributed by atoms with van der Waals surface area (Å²) in [5.74, 6) is 0.384. The van der Waals surface area contributed by atoms with Crippen LogP contribution in [0.15, 0.2) is 12.1 Å². The number of hydrogen-bond donors (Lipinski definition) is 2. The normalized spacial score (nSPS) is 14.5.